The van der Waals surface area contributed by atoms with Crippen LogP contribution in [0.1, 0.15) is 22.7 Å². The SMILES string of the molecule is CNC(Cc1ccc(C)cc1)c1cccc2c1OCCO2. The second-order valence-electron chi connectivity index (χ2n) is 5.40. The Morgan fingerprint density at radius 1 is 1.05 bits per heavy atom. The number of aryl methyl sites for hydroxylation is 1. The third kappa shape index (κ3) is 3.03. The van der Waals surface area contributed by atoms with Crippen LogP contribution >= 0.6 is 0 Å². The first-order chi connectivity index (χ1) is 10.3. The molecule has 0 saturated carbocycles. The standard InChI is InChI=1S/C18H21NO2/c1-13-6-8-14(9-7-13)12-16(19-2)15-4-3-5-17-18(15)21-11-10-20-17/h3-9,16,19H,10-12H2,1-2H3. The van der Waals surface area contributed by atoms with E-state index in [9.17, 15) is 0 Å². The predicted molar refractivity (Wildman–Crippen MR) is 84.1 cm³/mol. The first kappa shape index (κ1) is 14.0. The van der Waals surface area contributed by atoms with Crippen molar-refractivity contribution >= 4 is 0 Å². The van der Waals surface area contributed by atoms with Gasteiger partial charge in [0.15, 0.2) is 11.5 Å². The van der Waals surface area contributed by atoms with Gasteiger partial charge in [-0.05, 0) is 32.0 Å². The van der Waals surface area contributed by atoms with E-state index in [1.807, 2.05) is 19.2 Å². The minimum atomic E-state index is 0.212. The molecule has 3 nitrogen and oxygen atoms in total. The number of rotatable bonds is 4. The van der Waals surface area contributed by atoms with Gasteiger partial charge in [-0.3, -0.25) is 0 Å². The van der Waals surface area contributed by atoms with Gasteiger partial charge in [-0.2, -0.15) is 0 Å². The van der Waals surface area contributed by atoms with Gasteiger partial charge in [0.1, 0.15) is 13.2 Å². The third-order valence-corrected chi connectivity index (χ3v) is 3.88. The molecule has 110 valence electrons. The van der Waals surface area contributed by atoms with Crippen molar-refractivity contribution in [2.75, 3.05) is 20.3 Å². The molecule has 0 aromatic heterocycles. The molecule has 0 aliphatic carbocycles. The summed E-state index contributed by atoms with van der Waals surface area (Å²) in [7, 11) is 1.99. The quantitative estimate of drug-likeness (QED) is 0.934. The Labute approximate surface area is 125 Å². The van der Waals surface area contributed by atoms with Crippen molar-refractivity contribution in [3.63, 3.8) is 0 Å². The molecule has 3 heteroatoms. The van der Waals surface area contributed by atoms with E-state index < -0.39 is 0 Å². The highest BCUT2D eigenvalue weighted by molar-refractivity contribution is 5.49. The third-order valence-electron chi connectivity index (χ3n) is 3.88. The van der Waals surface area contributed by atoms with Crippen molar-refractivity contribution in [1.82, 2.24) is 5.32 Å². The number of fused-ring (bicyclic) bond motifs is 1. The molecule has 0 radical (unpaired) electrons. The zero-order valence-corrected chi connectivity index (χ0v) is 12.6. The van der Waals surface area contributed by atoms with E-state index in [4.69, 9.17) is 9.47 Å². The molecule has 0 fully saturated rings. The number of hydrogen-bond acceptors (Lipinski definition) is 3. The topological polar surface area (TPSA) is 30.5 Å². The maximum absolute atomic E-state index is 5.83. The zero-order chi connectivity index (χ0) is 14.7. The smallest absolute Gasteiger partial charge is 0.166 e. The monoisotopic (exact) mass is 283 g/mol. The summed E-state index contributed by atoms with van der Waals surface area (Å²) in [5, 5.41) is 3.40. The summed E-state index contributed by atoms with van der Waals surface area (Å²) in [4.78, 5) is 0. The lowest BCUT2D eigenvalue weighted by Crippen LogP contribution is -2.23. The minimum absolute atomic E-state index is 0.212. The van der Waals surface area contributed by atoms with Crippen LogP contribution in [0.5, 0.6) is 11.5 Å². The van der Waals surface area contributed by atoms with E-state index in [1.54, 1.807) is 0 Å². The van der Waals surface area contributed by atoms with Crippen molar-refractivity contribution < 1.29 is 9.47 Å². The van der Waals surface area contributed by atoms with Gasteiger partial charge in [0.05, 0.1) is 0 Å². The van der Waals surface area contributed by atoms with E-state index in [0.29, 0.717) is 13.2 Å². The van der Waals surface area contributed by atoms with Crippen LogP contribution in [0.2, 0.25) is 0 Å². The first-order valence-electron chi connectivity index (χ1n) is 7.39. The number of ether oxygens (including phenoxy) is 2. The highest BCUT2D eigenvalue weighted by Gasteiger charge is 2.21. The molecule has 1 aliphatic heterocycles. The van der Waals surface area contributed by atoms with E-state index >= 15 is 0 Å². The Kier molecular flexibility index (Phi) is 4.11. The minimum Gasteiger partial charge on any atom is -0.486 e. The van der Waals surface area contributed by atoms with Gasteiger partial charge < -0.3 is 14.8 Å². The summed E-state index contributed by atoms with van der Waals surface area (Å²) < 4.78 is 11.5. The van der Waals surface area contributed by atoms with Gasteiger partial charge in [-0.1, -0.05) is 42.0 Å². The molecule has 0 bridgehead atoms. The molecule has 1 N–H and O–H groups in total. The van der Waals surface area contributed by atoms with Crippen LogP contribution in [0.4, 0.5) is 0 Å². The molecule has 0 amide bonds. The molecule has 0 saturated heterocycles. The number of benzene rings is 2. The van der Waals surface area contributed by atoms with Gasteiger partial charge in [0, 0.05) is 11.6 Å². The lowest BCUT2D eigenvalue weighted by Gasteiger charge is -2.25. The number of para-hydroxylation sites is 1. The summed E-state index contributed by atoms with van der Waals surface area (Å²) in [5.74, 6) is 1.73. The Morgan fingerprint density at radius 3 is 2.57 bits per heavy atom. The Bertz CT molecular complexity index is 607. The van der Waals surface area contributed by atoms with Crippen LogP contribution in [0, 0.1) is 6.92 Å². The predicted octanol–water partition coefficient (Wildman–Crippen LogP) is 3.27. The Hall–Kier alpha value is -2.00. The van der Waals surface area contributed by atoms with Gasteiger partial charge in [-0.25, -0.2) is 0 Å². The molecule has 1 atom stereocenters. The van der Waals surface area contributed by atoms with Gasteiger partial charge in [-0.15, -0.1) is 0 Å². The molecular weight excluding hydrogens is 262 g/mol. The van der Waals surface area contributed by atoms with Crippen molar-refractivity contribution in [2.45, 2.75) is 19.4 Å². The highest BCUT2D eigenvalue weighted by Crippen LogP contribution is 2.37. The summed E-state index contributed by atoms with van der Waals surface area (Å²) in [6.45, 7) is 3.35. The van der Waals surface area contributed by atoms with Crippen molar-refractivity contribution in [1.29, 1.82) is 0 Å². The summed E-state index contributed by atoms with van der Waals surface area (Å²) in [6.07, 6.45) is 0.927. The van der Waals surface area contributed by atoms with Crippen LogP contribution in [-0.4, -0.2) is 20.3 Å². The number of hydrogen-bond donors (Lipinski definition) is 1. The summed E-state index contributed by atoms with van der Waals surface area (Å²) in [6, 6.07) is 15.0. The molecule has 3 rings (SSSR count). The molecular formula is C18H21NO2. The van der Waals surface area contributed by atoms with Crippen molar-refractivity contribution in [2.24, 2.45) is 0 Å². The Balaban J connectivity index is 1.88. The van der Waals surface area contributed by atoms with Gasteiger partial charge in [0.25, 0.3) is 0 Å². The number of nitrogens with one attached hydrogen (secondary N) is 1. The second-order valence-corrected chi connectivity index (χ2v) is 5.40. The maximum Gasteiger partial charge on any atom is 0.166 e. The average molecular weight is 283 g/mol. The molecule has 0 spiro atoms. The van der Waals surface area contributed by atoms with Crippen molar-refractivity contribution in [3.05, 3.63) is 59.2 Å². The van der Waals surface area contributed by atoms with Crippen LogP contribution in [0.3, 0.4) is 0 Å². The lowest BCUT2D eigenvalue weighted by molar-refractivity contribution is 0.168. The second kappa shape index (κ2) is 6.19. The highest BCUT2D eigenvalue weighted by atomic mass is 16.6. The van der Waals surface area contributed by atoms with Crippen LogP contribution < -0.4 is 14.8 Å². The normalized spacial score (nSPS) is 14.8. The lowest BCUT2D eigenvalue weighted by atomic mass is 9.97. The fourth-order valence-corrected chi connectivity index (χ4v) is 2.70. The van der Waals surface area contributed by atoms with Gasteiger partial charge in [0.2, 0.25) is 0 Å². The largest absolute Gasteiger partial charge is 0.486 e. The summed E-state index contributed by atoms with van der Waals surface area (Å²) in [5.41, 5.74) is 3.76. The fraction of sp³-hybridized carbons (Fsp3) is 0.333. The van der Waals surface area contributed by atoms with Crippen LogP contribution in [-0.2, 0) is 6.42 Å². The van der Waals surface area contributed by atoms with E-state index in [0.717, 1.165) is 23.5 Å². The van der Waals surface area contributed by atoms with Gasteiger partial charge >= 0.3 is 0 Å². The molecule has 1 unspecified atom stereocenters. The average Bonchev–Trinajstić information content (AvgIpc) is 2.54. The van der Waals surface area contributed by atoms with E-state index in [-0.39, 0.29) is 6.04 Å². The van der Waals surface area contributed by atoms with E-state index in [1.165, 1.54) is 11.1 Å². The molecule has 2 aromatic carbocycles. The molecule has 21 heavy (non-hydrogen) atoms. The van der Waals surface area contributed by atoms with Crippen LogP contribution in [0.15, 0.2) is 42.5 Å². The number of likely N-dealkylation sites (N-methyl/N-ethyl adjacent to an activating group) is 1. The molecule has 1 aliphatic rings. The Morgan fingerprint density at radius 2 is 1.81 bits per heavy atom. The van der Waals surface area contributed by atoms with Crippen molar-refractivity contribution in [3.8, 4) is 11.5 Å². The first-order valence-corrected chi connectivity index (χ1v) is 7.39. The zero-order valence-electron chi connectivity index (χ0n) is 12.6. The molecule has 1 heterocycles. The summed E-state index contributed by atoms with van der Waals surface area (Å²) >= 11 is 0. The maximum atomic E-state index is 5.83. The van der Waals surface area contributed by atoms with Crippen LogP contribution in [0.25, 0.3) is 0 Å². The van der Waals surface area contributed by atoms with E-state index in [2.05, 4.69) is 42.6 Å². The molecule has 2 aromatic rings. The fourth-order valence-electron chi connectivity index (χ4n) is 2.70.